The van der Waals surface area contributed by atoms with Gasteiger partial charge in [-0.3, -0.25) is 9.59 Å². The molecule has 7 nitrogen and oxygen atoms in total. The number of nitrogens with one attached hydrogen (secondary N) is 1. The molecule has 4 atom stereocenters. The SMILES string of the molecule is O=C(C[C@@H]1CC[C@H]2[C@@H](COC[C@@H](O)CN2C(=O)Cc2ccccc2)O1)NC1CCCC1. The number of carbonyl (C=O) groups is 2. The summed E-state index contributed by atoms with van der Waals surface area (Å²) in [6.45, 7) is 0.731. The average Bonchev–Trinajstić information content (AvgIpc) is 3.25. The van der Waals surface area contributed by atoms with Gasteiger partial charge in [-0.2, -0.15) is 0 Å². The number of benzene rings is 1. The van der Waals surface area contributed by atoms with Gasteiger partial charge in [-0.1, -0.05) is 43.2 Å². The predicted molar refractivity (Wildman–Crippen MR) is 115 cm³/mol. The molecule has 0 aromatic heterocycles. The maximum absolute atomic E-state index is 13.1. The quantitative estimate of drug-likeness (QED) is 0.744. The Morgan fingerprint density at radius 1 is 1.06 bits per heavy atom. The van der Waals surface area contributed by atoms with Gasteiger partial charge in [0.15, 0.2) is 0 Å². The van der Waals surface area contributed by atoms with Crippen LogP contribution in [0.5, 0.6) is 0 Å². The summed E-state index contributed by atoms with van der Waals surface area (Å²) in [6.07, 6.45) is 5.43. The van der Waals surface area contributed by atoms with Crippen LogP contribution in [-0.4, -0.2) is 72.0 Å². The maximum Gasteiger partial charge on any atom is 0.227 e. The third-order valence-electron chi connectivity index (χ3n) is 6.63. The van der Waals surface area contributed by atoms with Crippen molar-refractivity contribution in [3.05, 3.63) is 35.9 Å². The summed E-state index contributed by atoms with van der Waals surface area (Å²) in [5, 5.41) is 13.4. The summed E-state index contributed by atoms with van der Waals surface area (Å²) in [5.74, 6) is 0.0396. The Kier molecular flexibility index (Phi) is 7.58. The summed E-state index contributed by atoms with van der Waals surface area (Å²) in [5.41, 5.74) is 0.954. The predicted octanol–water partition coefficient (Wildman–Crippen LogP) is 1.81. The van der Waals surface area contributed by atoms with Gasteiger partial charge in [0.1, 0.15) is 6.10 Å². The van der Waals surface area contributed by atoms with E-state index in [4.69, 9.17) is 9.47 Å². The highest BCUT2D eigenvalue weighted by molar-refractivity contribution is 5.79. The summed E-state index contributed by atoms with van der Waals surface area (Å²) in [7, 11) is 0. The van der Waals surface area contributed by atoms with Crippen LogP contribution in [0.25, 0.3) is 0 Å². The zero-order chi connectivity index (χ0) is 21.6. The molecule has 0 bridgehead atoms. The van der Waals surface area contributed by atoms with Crippen LogP contribution in [0.15, 0.2) is 30.3 Å². The summed E-state index contributed by atoms with van der Waals surface area (Å²) < 4.78 is 11.9. The highest BCUT2D eigenvalue weighted by Crippen LogP contribution is 2.28. The van der Waals surface area contributed by atoms with Gasteiger partial charge in [-0.15, -0.1) is 0 Å². The monoisotopic (exact) mass is 430 g/mol. The van der Waals surface area contributed by atoms with E-state index in [9.17, 15) is 14.7 Å². The Morgan fingerprint density at radius 2 is 1.84 bits per heavy atom. The van der Waals surface area contributed by atoms with Crippen molar-refractivity contribution >= 4 is 11.8 Å². The van der Waals surface area contributed by atoms with Crippen molar-refractivity contribution in [2.45, 2.75) is 81.8 Å². The number of aliphatic hydroxyl groups is 1. The van der Waals surface area contributed by atoms with Crippen molar-refractivity contribution in [2.24, 2.45) is 0 Å². The first kappa shape index (κ1) is 22.2. The summed E-state index contributed by atoms with van der Waals surface area (Å²) >= 11 is 0. The van der Waals surface area contributed by atoms with Gasteiger partial charge in [0.25, 0.3) is 0 Å². The number of hydrogen-bond donors (Lipinski definition) is 2. The van der Waals surface area contributed by atoms with Gasteiger partial charge < -0.3 is 24.8 Å². The second kappa shape index (κ2) is 10.6. The van der Waals surface area contributed by atoms with Gasteiger partial charge in [-0.25, -0.2) is 0 Å². The number of aliphatic hydroxyl groups excluding tert-OH is 1. The largest absolute Gasteiger partial charge is 0.389 e. The van der Waals surface area contributed by atoms with E-state index in [0.717, 1.165) is 24.8 Å². The number of fused-ring (bicyclic) bond motifs is 1. The zero-order valence-electron chi connectivity index (χ0n) is 18.1. The molecule has 2 amide bonds. The number of nitrogens with zero attached hydrogens (tertiary/aromatic N) is 1. The molecule has 31 heavy (non-hydrogen) atoms. The van der Waals surface area contributed by atoms with Crippen molar-refractivity contribution in [2.75, 3.05) is 19.8 Å². The van der Waals surface area contributed by atoms with Crippen molar-refractivity contribution < 1.29 is 24.2 Å². The van der Waals surface area contributed by atoms with Crippen LogP contribution in [0, 0.1) is 0 Å². The Hall–Kier alpha value is -1.96. The fourth-order valence-corrected chi connectivity index (χ4v) is 5.06. The van der Waals surface area contributed by atoms with Crippen LogP contribution in [0.4, 0.5) is 0 Å². The topological polar surface area (TPSA) is 88.1 Å². The lowest BCUT2D eigenvalue weighted by Gasteiger charge is -2.44. The molecule has 0 spiro atoms. The van der Waals surface area contributed by atoms with Gasteiger partial charge in [0.2, 0.25) is 11.8 Å². The molecule has 2 N–H and O–H groups in total. The second-order valence-corrected chi connectivity index (χ2v) is 9.09. The van der Waals surface area contributed by atoms with Crippen LogP contribution >= 0.6 is 0 Å². The van der Waals surface area contributed by atoms with Crippen molar-refractivity contribution in [1.82, 2.24) is 10.2 Å². The lowest BCUT2D eigenvalue weighted by molar-refractivity contribution is -0.169. The van der Waals surface area contributed by atoms with Gasteiger partial charge in [0.05, 0.1) is 44.3 Å². The first-order valence-electron chi connectivity index (χ1n) is 11.6. The van der Waals surface area contributed by atoms with Gasteiger partial charge in [0, 0.05) is 12.6 Å². The molecule has 0 radical (unpaired) electrons. The Labute approximate surface area is 184 Å². The minimum atomic E-state index is -0.712. The lowest BCUT2D eigenvalue weighted by atomic mass is 9.94. The highest BCUT2D eigenvalue weighted by atomic mass is 16.5. The van der Waals surface area contributed by atoms with Crippen molar-refractivity contribution in [3.8, 4) is 0 Å². The molecule has 1 aliphatic carbocycles. The molecule has 2 heterocycles. The molecule has 170 valence electrons. The number of carbonyl (C=O) groups excluding carboxylic acids is 2. The van der Waals surface area contributed by atoms with Crippen LogP contribution in [0.2, 0.25) is 0 Å². The molecule has 4 rings (SSSR count). The molecular formula is C24H34N2O5. The summed E-state index contributed by atoms with van der Waals surface area (Å²) in [4.78, 5) is 27.4. The molecule has 3 aliphatic rings. The van der Waals surface area contributed by atoms with Crippen LogP contribution in [-0.2, 0) is 25.5 Å². The first-order chi connectivity index (χ1) is 15.1. The van der Waals surface area contributed by atoms with Crippen LogP contribution < -0.4 is 5.32 Å². The maximum atomic E-state index is 13.1. The molecule has 1 saturated carbocycles. The van der Waals surface area contributed by atoms with E-state index >= 15 is 0 Å². The molecule has 3 fully saturated rings. The van der Waals surface area contributed by atoms with E-state index < -0.39 is 6.10 Å². The highest BCUT2D eigenvalue weighted by Gasteiger charge is 2.40. The zero-order valence-corrected chi connectivity index (χ0v) is 18.1. The van der Waals surface area contributed by atoms with E-state index in [0.29, 0.717) is 31.9 Å². The number of amides is 2. The average molecular weight is 431 g/mol. The van der Waals surface area contributed by atoms with E-state index in [1.54, 1.807) is 4.90 Å². The fraction of sp³-hybridized carbons (Fsp3) is 0.667. The van der Waals surface area contributed by atoms with E-state index in [1.807, 2.05) is 30.3 Å². The molecule has 1 aromatic rings. The lowest BCUT2D eigenvalue weighted by Crippen LogP contribution is -2.58. The molecule has 1 aromatic carbocycles. The third kappa shape index (κ3) is 6.05. The Morgan fingerprint density at radius 3 is 2.61 bits per heavy atom. The van der Waals surface area contributed by atoms with Crippen LogP contribution in [0.1, 0.15) is 50.5 Å². The number of rotatable bonds is 5. The van der Waals surface area contributed by atoms with Crippen molar-refractivity contribution in [1.29, 1.82) is 0 Å². The van der Waals surface area contributed by atoms with Gasteiger partial charge >= 0.3 is 0 Å². The van der Waals surface area contributed by atoms with Gasteiger partial charge in [-0.05, 0) is 31.2 Å². The Balaban J connectivity index is 1.38. The molecule has 2 aliphatic heterocycles. The Bertz CT molecular complexity index is 737. The number of β-amino-alcohol motifs (C(OH)–C–C–N with tert-alkyl or cyclic N) is 1. The summed E-state index contributed by atoms with van der Waals surface area (Å²) in [6, 6.07) is 9.81. The normalized spacial score (nSPS) is 29.6. The van der Waals surface area contributed by atoms with E-state index in [1.165, 1.54) is 12.8 Å². The molecule has 0 unspecified atom stereocenters. The third-order valence-corrected chi connectivity index (χ3v) is 6.63. The number of ether oxygens (including phenoxy) is 2. The smallest absolute Gasteiger partial charge is 0.227 e. The molecular weight excluding hydrogens is 396 g/mol. The minimum absolute atomic E-state index is 0.0109. The second-order valence-electron chi connectivity index (χ2n) is 9.09. The first-order valence-corrected chi connectivity index (χ1v) is 11.6. The molecule has 2 saturated heterocycles. The van der Waals surface area contributed by atoms with Crippen LogP contribution in [0.3, 0.4) is 0 Å². The minimum Gasteiger partial charge on any atom is -0.389 e. The molecule has 7 heteroatoms. The standard InChI is InChI=1S/C24H34N2O5/c27-19-14-26(24(29)12-17-6-2-1-3-7-17)21-11-10-20(31-22(21)16-30-15-19)13-23(28)25-18-8-4-5-9-18/h1-3,6-7,18-22,27H,4-5,8-16H2,(H,25,28)/t19-,20-,21-,22+/m0/s1. The fourth-order valence-electron chi connectivity index (χ4n) is 5.06. The number of hydrogen-bond acceptors (Lipinski definition) is 5. The van der Waals surface area contributed by atoms with E-state index in [-0.39, 0.29) is 43.2 Å². The van der Waals surface area contributed by atoms with Crippen molar-refractivity contribution in [3.63, 3.8) is 0 Å². The van der Waals surface area contributed by atoms with E-state index in [2.05, 4.69) is 5.32 Å².